The molecule has 0 rings (SSSR count). The normalized spacial score (nSPS) is 11.6. The van der Waals surface area contributed by atoms with Crippen LogP contribution in [-0.4, -0.2) is 46.7 Å². The maximum atomic E-state index is 5.77. The number of hydrogen-bond acceptors (Lipinski definition) is 3. The molecule has 0 aromatic rings. The molecule has 0 bridgehead atoms. The molecule has 0 aliphatic heterocycles. The van der Waals surface area contributed by atoms with Crippen LogP contribution in [0.5, 0.6) is 0 Å². The van der Waals surface area contributed by atoms with Gasteiger partial charge in [-0.25, -0.2) is 0 Å². The molecule has 0 saturated heterocycles. The summed E-state index contributed by atoms with van der Waals surface area (Å²) in [7, 11) is -1.07. The van der Waals surface area contributed by atoms with Gasteiger partial charge in [0.05, 0.1) is 0 Å². The molecule has 0 fully saturated rings. The van der Waals surface area contributed by atoms with Gasteiger partial charge < -0.3 is 13.8 Å². The predicted molar refractivity (Wildman–Crippen MR) is 66.0 cm³/mol. The van der Waals surface area contributed by atoms with Crippen molar-refractivity contribution in [3.05, 3.63) is 0 Å². The molecule has 0 aliphatic rings. The Hall–Kier alpha value is 0.0969. The van der Waals surface area contributed by atoms with E-state index in [9.17, 15) is 0 Å². The molecule has 0 saturated carbocycles. The van der Waals surface area contributed by atoms with E-state index in [0.717, 1.165) is 45.3 Å². The first-order valence-electron chi connectivity index (χ1n) is 6.12. The summed E-state index contributed by atoms with van der Waals surface area (Å²) in [5, 5.41) is 0. The van der Waals surface area contributed by atoms with Crippen molar-refractivity contribution in [2.24, 2.45) is 0 Å². The zero-order valence-electron chi connectivity index (χ0n) is 10.7. The first-order valence-corrected chi connectivity index (χ1v) is 7.64. The highest BCUT2D eigenvalue weighted by atomic mass is 28.3. The van der Waals surface area contributed by atoms with Crippen LogP contribution in [0.3, 0.4) is 0 Å². The van der Waals surface area contributed by atoms with Crippen LogP contribution in [0.1, 0.15) is 40.5 Å². The van der Waals surface area contributed by atoms with Gasteiger partial charge >= 0.3 is 9.28 Å². The number of hydrogen-bond donors (Lipinski definition) is 0. The summed E-state index contributed by atoms with van der Waals surface area (Å²) in [5.74, 6) is 0. The summed E-state index contributed by atoms with van der Waals surface area (Å²) in [6.07, 6.45) is 3.13. The van der Waals surface area contributed by atoms with E-state index in [2.05, 4.69) is 32.6 Å². The van der Waals surface area contributed by atoms with Crippen LogP contribution in [0.15, 0.2) is 0 Å². The fourth-order valence-corrected chi connectivity index (χ4v) is 3.14. The molecule has 0 amide bonds. The van der Waals surface area contributed by atoms with Crippen molar-refractivity contribution in [3.8, 4) is 0 Å². The highest BCUT2D eigenvalue weighted by Crippen LogP contribution is 1.98. The Morgan fingerprint density at radius 1 is 0.867 bits per heavy atom. The van der Waals surface area contributed by atoms with Crippen LogP contribution in [0.25, 0.3) is 0 Å². The van der Waals surface area contributed by atoms with Gasteiger partial charge in [0, 0.05) is 19.4 Å². The Balaban J connectivity index is 3.86. The van der Waals surface area contributed by atoms with Crippen molar-refractivity contribution in [3.63, 3.8) is 0 Å². The average molecular weight is 232 g/mol. The van der Waals surface area contributed by atoms with Crippen molar-refractivity contribution in [1.29, 1.82) is 0 Å². The maximum Gasteiger partial charge on any atom is 0.400 e. The second kappa shape index (κ2) is 10.6. The minimum atomic E-state index is -1.07. The Morgan fingerprint density at radius 2 is 1.33 bits per heavy atom. The van der Waals surface area contributed by atoms with Gasteiger partial charge in [0.1, 0.15) is 0 Å². The highest BCUT2D eigenvalue weighted by Gasteiger charge is 2.18. The molecule has 91 valence electrons. The van der Waals surface area contributed by atoms with Crippen LogP contribution >= 0.6 is 0 Å². The monoisotopic (exact) mass is 232 g/mol. The summed E-state index contributed by atoms with van der Waals surface area (Å²) in [6, 6.07) is 0. The summed E-state index contributed by atoms with van der Waals surface area (Å²) >= 11 is 0. The van der Waals surface area contributed by atoms with E-state index >= 15 is 0 Å². The molecule has 0 aromatic heterocycles. The van der Waals surface area contributed by atoms with Crippen LogP contribution in [-0.2, 0) is 8.85 Å². The lowest BCUT2D eigenvalue weighted by Gasteiger charge is -2.22. The fourth-order valence-electron chi connectivity index (χ4n) is 1.19. The first-order chi connectivity index (χ1) is 7.28. The zero-order chi connectivity index (χ0) is 11.5. The van der Waals surface area contributed by atoms with E-state index in [1.54, 1.807) is 0 Å². The molecule has 0 spiro atoms. The quantitative estimate of drug-likeness (QED) is 0.539. The number of nitrogens with zero attached hydrogens (tertiary/aromatic N) is 1. The third-order valence-electron chi connectivity index (χ3n) is 2.18. The Labute approximate surface area is 96.6 Å². The topological polar surface area (TPSA) is 21.7 Å². The molecule has 0 heterocycles. The van der Waals surface area contributed by atoms with Crippen LogP contribution in [0.2, 0.25) is 0 Å². The van der Waals surface area contributed by atoms with E-state index < -0.39 is 9.28 Å². The van der Waals surface area contributed by atoms with E-state index in [1.165, 1.54) is 0 Å². The molecule has 0 aromatic carbocycles. The lowest BCUT2D eigenvalue weighted by atomic mass is 10.5. The van der Waals surface area contributed by atoms with Crippen molar-refractivity contribution in [1.82, 2.24) is 4.90 Å². The smallest absolute Gasteiger partial charge is 0.393 e. The van der Waals surface area contributed by atoms with Crippen LogP contribution in [0.4, 0.5) is 0 Å². The zero-order valence-corrected chi connectivity index (χ0v) is 11.7. The molecule has 3 nitrogen and oxygen atoms in total. The molecular weight excluding hydrogens is 206 g/mol. The van der Waals surface area contributed by atoms with Gasteiger partial charge in [0.25, 0.3) is 0 Å². The summed E-state index contributed by atoms with van der Waals surface area (Å²) in [5.41, 5.74) is 0. The predicted octanol–water partition coefficient (Wildman–Crippen LogP) is 2.21. The minimum absolute atomic E-state index is 0.833. The second-order valence-electron chi connectivity index (χ2n) is 3.53. The molecular formula is C11H26NO2Si. The van der Waals surface area contributed by atoms with Crippen LogP contribution < -0.4 is 0 Å². The first kappa shape index (κ1) is 15.1. The third kappa shape index (κ3) is 7.96. The van der Waals surface area contributed by atoms with Gasteiger partial charge in [-0.2, -0.15) is 0 Å². The van der Waals surface area contributed by atoms with Gasteiger partial charge in [0.15, 0.2) is 0 Å². The summed E-state index contributed by atoms with van der Waals surface area (Å²) in [4.78, 5) is 2.37. The van der Waals surface area contributed by atoms with Gasteiger partial charge in [0.2, 0.25) is 0 Å². The fraction of sp³-hybridized carbons (Fsp3) is 1.00. The van der Waals surface area contributed by atoms with Gasteiger partial charge in [-0.05, 0) is 25.9 Å². The SMILES string of the molecule is CCCO[Si](CN(CC)CC)OCCC. The van der Waals surface area contributed by atoms with Gasteiger partial charge in [-0.3, -0.25) is 0 Å². The Morgan fingerprint density at radius 3 is 1.67 bits per heavy atom. The van der Waals surface area contributed by atoms with Gasteiger partial charge in [-0.1, -0.05) is 27.7 Å². The highest BCUT2D eigenvalue weighted by molar-refractivity contribution is 6.44. The van der Waals surface area contributed by atoms with Crippen molar-refractivity contribution in [2.45, 2.75) is 40.5 Å². The minimum Gasteiger partial charge on any atom is -0.393 e. The van der Waals surface area contributed by atoms with E-state index in [-0.39, 0.29) is 0 Å². The molecule has 0 atom stereocenters. The van der Waals surface area contributed by atoms with E-state index in [1.807, 2.05) is 0 Å². The largest absolute Gasteiger partial charge is 0.400 e. The molecule has 4 heteroatoms. The summed E-state index contributed by atoms with van der Waals surface area (Å²) < 4.78 is 11.5. The van der Waals surface area contributed by atoms with E-state index in [0.29, 0.717) is 0 Å². The molecule has 15 heavy (non-hydrogen) atoms. The summed E-state index contributed by atoms with van der Waals surface area (Å²) in [6.45, 7) is 12.5. The van der Waals surface area contributed by atoms with Crippen molar-refractivity contribution >= 4 is 9.28 Å². The standard InChI is InChI=1S/C11H26NO2Si/c1-5-9-13-15(14-10-6-2)11-12(7-3)8-4/h5-11H2,1-4H3. The lowest BCUT2D eigenvalue weighted by molar-refractivity contribution is 0.177. The average Bonchev–Trinajstić information content (AvgIpc) is 2.28. The maximum absolute atomic E-state index is 5.77. The van der Waals surface area contributed by atoms with Crippen molar-refractivity contribution < 1.29 is 8.85 Å². The second-order valence-corrected chi connectivity index (χ2v) is 5.17. The Bertz CT molecular complexity index is 124. The molecule has 0 aliphatic carbocycles. The third-order valence-corrected chi connectivity index (χ3v) is 3.94. The van der Waals surface area contributed by atoms with Crippen molar-refractivity contribution in [2.75, 3.05) is 32.5 Å². The van der Waals surface area contributed by atoms with E-state index in [4.69, 9.17) is 8.85 Å². The van der Waals surface area contributed by atoms with Gasteiger partial charge in [-0.15, -0.1) is 0 Å². The molecule has 0 N–H and O–H groups in total. The Kier molecular flexibility index (Phi) is 10.7. The number of rotatable bonds is 10. The molecule has 0 unspecified atom stereocenters. The lowest BCUT2D eigenvalue weighted by Crippen LogP contribution is -2.39. The van der Waals surface area contributed by atoms with Crippen LogP contribution in [0, 0.1) is 0 Å². The molecule has 1 radical (unpaired) electrons.